The first-order valence-electron chi connectivity index (χ1n) is 13.2. The summed E-state index contributed by atoms with van der Waals surface area (Å²) in [4.78, 5) is 20.5. The number of thioether (sulfide) groups is 1. The van der Waals surface area contributed by atoms with E-state index in [9.17, 15) is 18.7 Å². The molecule has 2 unspecified atom stereocenters. The van der Waals surface area contributed by atoms with Gasteiger partial charge in [-0.15, -0.1) is 11.8 Å². The van der Waals surface area contributed by atoms with Crippen molar-refractivity contribution in [3.63, 3.8) is 0 Å². The largest absolute Gasteiger partial charge is 0.390 e. The highest BCUT2D eigenvalue weighted by Gasteiger charge is 2.24. The third-order valence-electron chi connectivity index (χ3n) is 6.56. The van der Waals surface area contributed by atoms with Gasteiger partial charge in [0.15, 0.2) is 0 Å². The van der Waals surface area contributed by atoms with Crippen molar-refractivity contribution >= 4 is 17.7 Å². The van der Waals surface area contributed by atoms with Crippen molar-refractivity contribution < 1.29 is 18.7 Å². The van der Waals surface area contributed by atoms with Crippen LogP contribution in [0.15, 0.2) is 96.2 Å². The Morgan fingerprint density at radius 1 is 0.925 bits per heavy atom. The molecule has 1 aromatic heterocycles. The number of carbonyl (C=O) groups excluding carboxylic acids is 1. The van der Waals surface area contributed by atoms with Crippen LogP contribution in [-0.4, -0.2) is 39.6 Å². The average Bonchev–Trinajstić information content (AvgIpc) is 2.95. The summed E-state index contributed by atoms with van der Waals surface area (Å²) >= 11 is 1.58. The predicted octanol–water partition coefficient (Wildman–Crippen LogP) is 5.79. The molecule has 0 saturated carbocycles. The molecule has 4 rings (SSSR count). The Morgan fingerprint density at radius 2 is 1.62 bits per heavy atom. The van der Waals surface area contributed by atoms with Crippen LogP contribution >= 0.6 is 11.8 Å². The Bertz CT molecular complexity index is 1400. The molecule has 3 aromatic carbocycles. The van der Waals surface area contributed by atoms with E-state index in [-0.39, 0.29) is 25.4 Å². The van der Waals surface area contributed by atoms with Crippen molar-refractivity contribution in [3.8, 4) is 0 Å². The number of carbonyl (C=O) groups is 1. The molecule has 208 valence electrons. The van der Waals surface area contributed by atoms with Crippen molar-refractivity contribution in [1.82, 2.24) is 9.88 Å². The van der Waals surface area contributed by atoms with Crippen molar-refractivity contribution in [2.45, 2.75) is 49.1 Å². The number of pyridine rings is 1. The van der Waals surface area contributed by atoms with Gasteiger partial charge in [0, 0.05) is 48.2 Å². The fraction of sp³-hybridized carbons (Fsp3) is 0.250. The summed E-state index contributed by atoms with van der Waals surface area (Å²) in [6, 6.07) is 22.1. The maximum atomic E-state index is 13.8. The van der Waals surface area contributed by atoms with Crippen LogP contribution in [0.1, 0.15) is 39.5 Å². The van der Waals surface area contributed by atoms with Crippen LogP contribution in [0.3, 0.4) is 0 Å². The summed E-state index contributed by atoms with van der Waals surface area (Å²) in [5.74, 6) is -0.967. The number of halogens is 2. The van der Waals surface area contributed by atoms with Crippen LogP contribution in [0, 0.1) is 11.6 Å². The van der Waals surface area contributed by atoms with Gasteiger partial charge in [0.25, 0.3) is 5.91 Å². The van der Waals surface area contributed by atoms with Crippen molar-refractivity contribution in [2.75, 3.05) is 6.54 Å². The third kappa shape index (κ3) is 8.45. The molecule has 8 heteroatoms. The molecule has 0 aliphatic carbocycles. The summed E-state index contributed by atoms with van der Waals surface area (Å²) in [5, 5.41) is 11.0. The zero-order valence-electron chi connectivity index (χ0n) is 22.3. The Labute approximate surface area is 238 Å². The molecule has 4 aromatic rings. The van der Waals surface area contributed by atoms with Crippen LogP contribution in [0.25, 0.3) is 0 Å². The number of aliphatic hydroxyl groups is 1. The van der Waals surface area contributed by atoms with E-state index in [0.29, 0.717) is 11.1 Å². The topological polar surface area (TPSA) is 79.5 Å². The molecule has 0 saturated heterocycles. The summed E-state index contributed by atoms with van der Waals surface area (Å²) < 4.78 is 27.3. The van der Waals surface area contributed by atoms with Crippen LogP contribution in [0.2, 0.25) is 0 Å². The molecule has 1 amide bonds. The van der Waals surface area contributed by atoms with Gasteiger partial charge >= 0.3 is 0 Å². The zero-order valence-corrected chi connectivity index (χ0v) is 23.2. The molecule has 2 atom stereocenters. The van der Waals surface area contributed by atoms with Crippen molar-refractivity contribution in [2.24, 2.45) is 5.73 Å². The lowest BCUT2D eigenvalue weighted by Crippen LogP contribution is -2.46. The van der Waals surface area contributed by atoms with Gasteiger partial charge in [-0.1, -0.05) is 61.5 Å². The predicted molar refractivity (Wildman–Crippen MR) is 155 cm³/mol. The maximum absolute atomic E-state index is 13.8. The third-order valence-corrected chi connectivity index (χ3v) is 7.60. The number of hydrogen-bond donors (Lipinski definition) is 2. The minimum Gasteiger partial charge on any atom is -0.390 e. The first-order valence-corrected chi connectivity index (χ1v) is 14.2. The molecular weight excluding hydrogens is 528 g/mol. The summed E-state index contributed by atoms with van der Waals surface area (Å²) in [5.41, 5.74) is 10.2. The molecule has 40 heavy (non-hydrogen) atoms. The van der Waals surface area contributed by atoms with E-state index in [0.717, 1.165) is 39.8 Å². The molecule has 0 bridgehead atoms. The number of amides is 1. The number of benzene rings is 3. The van der Waals surface area contributed by atoms with E-state index in [2.05, 4.69) is 11.9 Å². The first-order chi connectivity index (χ1) is 19.3. The zero-order chi connectivity index (χ0) is 28.5. The summed E-state index contributed by atoms with van der Waals surface area (Å²) in [6.45, 7) is 2.26. The number of aliphatic hydroxyl groups excluding tert-OH is 1. The smallest absolute Gasteiger partial charge is 0.255 e. The molecule has 0 spiro atoms. The molecule has 0 aliphatic rings. The second-order valence-electron chi connectivity index (χ2n) is 9.76. The lowest BCUT2D eigenvalue weighted by Gasteiger charge is -2.28. The summed E-state index contributed by atoms with van der Waals surface area (Å²) in [6.07, 6.45) is 3.02. The Balaban J connectivity index is 1.52. The highest BCUT2D eigenvalue weighted by Crippen LogP contribution is 2.24. The van der Waals surface area contributed by atoms with E-state index in [1.54, 1.807) is 28.9 Å². The van der Waals surface area contributed by atoms with Gasteiger partial charge in [0.1, 0.15) is 11.6 Å². The molecular formula is C32H33F2N3O2S. The normalized spacial score (nSPS) is 12.6. The number of hydrogen-bond acceptors (Lipinski definition) is 5. The molecule has 0 fully saturated rings. The number of aryl methyl sites for hydroxylation is 1. The summed E-state index contributed by atoms with van der Waals surface area (Å²) in [7, 11) is 0. The monoisotopic (exact) mass is 561 g/mol. The van der Waals surface area contributed by atoms with E-state index < -0.39 is 23.8 Å². The first kappa shape index (κ1) is 29.4. The highest BCUT2D eigenvalue weighted by molar-refractivity contribution is 7.98. The fourth-order valence-electron chi connectivity index (χ4n) is 4.42. The number of nitrogens with zero attached hydrogens (tertiary/aromatic N) is 2. The number of nitrogens with two attached hydrogens (primary N) is 1. The molecule has 0 aliphatic heterocycles. The Hall–Kier alpha value is -3.59. The molecule has 0 radical (unpaired) electrons. The van der Waals surface area contributed by atoms with E-state index >= 15 is 0 Å². The van der Waals surface area contributed by atoms with Crippen LogP contribution in [0.4, 0.5) is 8.78 Å². The standard InChI is InChI=1S/C32H33F2N3O2S/c1-2-22-9-6-10-24(11-22)19-37(20-31(38)30(35)14-25-12-27(33)16-28(34)13-25)32(39)26-15-29(18-36-17-26)40-21-23-7-4-3-5-8-23/h3-13,15-18,30-31,38H,2,14,19-21,35H2,1H3. The minimum atomic E-state index is -1.13. The van der Waals surface area contributed by atoms with E-state index in [1.165, 1.54) is 18.3 Å². The van der Waals surface area contributed by atoms with Crippen LogP contribution in [-0.2, 0) is 25.1 Å². The van der Waals surface area contributed by atoms with E-state index in [4.69, 9.17) is 5.73 Å². The molecule has 5 nitrogen and oxygen atoms in total. The van der Waals surface area contributed by atoms with Crippen molar-refractivity contribution in [3.05, 3.63) is 131 Å². The minimum absolute atomic E-state index is 0.0519. The van der Waals surface area contributed by atoms with Gasteiger partial charge < -0.3 is 15.7 Å². The number of aromatic nitrogens is 1. The average molecular weight is 562 g/mol. The second kappa shape index (κ2) is 14.2. The Kier molecular flexibility index (Phi) is 10.4. The Morgan fingerprint density at radius 3 is 2.35 bits per heavy atom. The lowest BCUT2D eigenvalue weighted by molar-refractivity contribution is 0.0553. The SMILES string of the molecule is CCc1cccc(CN(CC(O)C(N)Cc2cc(F)cc(F)c2)C(=O)c2cncc(SCc3ccccc3)c2)c1. The molecule has 1 heterocycles. The maximum Gasteiger partial charge on any atom is 0.255 e. The fourth-order valence-corrected chi connectivity index (χ4v) is 5.30. The lowest BCUT2D eigenvalue weighted by atomic mass is 10.0. The van der Waals surface area contributed by atoms with Crippen LogP contribution < -0.4 is 5.73 Å². The second-order valence-corrected chi connectivity index (χ2v) is 10.8. The van der Waals surface area contributed by atoms with Gasteiger partial charge in [-0.05, 0) is 53.3 Å². The van der Waals surface area contributed by atoms with Crippen molar-refractivity contribution in [1.29, 1.82) is 0 Å². The van der Waals surface area contributed by atoms with Gasteiger partial charge in [0.2, 0.25) is 0 Å². The highest BCUT2D eigenvalue weighted by atomic mass is 32.2. The van der Waals surface area contributed by atoms with Gasteiger partial charge in [-0.25, -0.2) is 8.78 Å². The van der Waals surface area contributed by atoms with Crippen LogP contribution in [0.5, 0.6) is 0 Å². The van der Waals surface area contributed by atoms with Gasteiger partial charge in [-0.2, -0.15) is 0 Å². The van der Waals surface area contributed by atoms with Gasteiger partial charge in [0.05, 0.1) is 11.7 Å². The number of rotatable bonds is 12. The van der Waals surface area contributed by atoms with Gasteiger partial charge in [-0.3, -0.25) is 9.78 Å². The quantitative estimate of drug-likeness (QED) is 0.214. The van der Waals surface area contributed by atoms with E-state index in [1.807, 2.05) is 54.6 Å². The molecule has 3 N–H and O–H groups in total.